The molecule has 0 aromatic heterocycles. The Hall–Kier alpha value is -2.04. The van der Waals surface area contributed by atoms with Gasteiger partial charge < -0.3 is 9.84 Å². The van der Waals surface area contributed by atoms with Gasteiger partial charge in [0, 0.05) is 7.05 Å². The number of amides is 1. The molecule has 0 aliphatic rings. The minimum absolute atomic E-state index is 0.380. The van der Waals surface area contributed by atoms with Gasteiger partial charge in [0.1, 0.15) is 11.3 Å². The lowest BCUT2D eigenvalue weighted by Gasteiger charge is -2.30. The topological polar surface area (TPSA) is 66.8 Å². The summed E-state index contributed by atoms with van der Waals surface area (Å²) in [6, 6.07) is 8.50. The molecule has 0 aliphatic heterocycles. The van der Waals surface area contributed by atoms with Crippen LogP contribution in [0.2, 0.25) is 0 Å². The van der Waals surface area contributed by atoms with E-state index >= 15 is 0 Å². The van der Waals surface area contributed by atoms with Crippen LogP contribution in [0.1, 0.15) is 13.8 Å². The molecule has 0 spiro atoms. The third-order valence-corrected chi connectivity index (χ3v) is 2.58. The maximum absolute atomic E-state index is 11.7. The summed E-state index contributed by atoms with van der Waals surface area (Å²) >= 11 is 0. The highest BCUT2D eigenvalue weighted by molar-refractivity contribution is 5.84. The number of likely N-dealkylation sites (N-methyl/N-ethyl adjacent to an activating group) is 1. The molecule has 0 unspecified atom stereocenters. The van der Waals surface area contributed by atoms with Gasteiger partial charge in [-0.05, 0) is 26.0 Å². The second-order valence-electron chi connectivity index (χ2n) is 4.10. The summed E-state index contributed by atoms with van der Waals surface area (Å²) < 4.78 is 5.04. The number of carbonyl (C=O) groups excluding carboxylic acids is 1. The number of carboxylic acids is 1. The van der Waals surface area contributed by atoms with Crippen LogP contribution < -0.4 is 4.74 Å². The molecule has 1 rings (SSSR count). The predicted molar refractivity (Wildman–Crippen MR) is 61.9 cm³/mol. The van der Waals surface area contributed by atoms with Crippen LogP contribution in [0.5, 0.6) is 5.75 Å². The minimum Gasteiger partial charge on any atom is -0.480 e. The third kappa shape index (κ3) is 2.96. The van der Waals surface area contributed by atoms with Crippen LogP contribution in [0.4, 0.5) is 4.79 Å². The highest BCUT2D eigenvalue weighted by Crippen LogP contribution is 2.16. The van der Waals surface area contributed by atoms with Crippen LogP contribution >= 0.6 is 0 Å². The molecule has 0 bridgehead atoms. The van der Waals surface area contributed by atoms with Crippen molar-refractivity contribution in [1.82, 2.24) is 4.90 Å². The number of aliphatic carboxylic acids is 1. The number of rotatable bonds is 3. The fourth-order valence-electron chi connectivity index (χ4n) is 1.03. The van der Waals surface area contributed by atoms with E-state index in [1.54, 1.807) is 30.3 Å². The zero-order chi connectivity index (χ0) is 13.1. The normalized spacial score (nSPS) is 10.8. The molecule has 0 saturated carbocycles. The van der Waals surface area contributed by atoms with Crippen molar-refractivity contribution in [3.63, 3.8) is 0 Å². The summed E-state index contributed by atoms with van der Waals surface area (Å²) in [6.07, 6.45) is -0.705. The van der Waals surface area contributed by atoms with Crippen LogP contribution in [0.3, 0.4) is 0 Å². The summed E-state index contributed by atoms with van der Waals surface area (Å²) in [5.74, 6) is -0.712. The molecule has 17 heavy (non-hydrogen) atoms. The first-order chi connectivity index (χ1) is 7.85. The first-order valence-electron chi connectivity index (χ1n) is 5.10. The Labute approximate surface area is 99.6 Å². The van der Waals surface area contributed by atoms with Gasteiger partial charge in [-0.15, -0.1) is 0 Å². The smallest absolute Gasteiger partial charge is 0.415 e. The minimum atomic E-state index is -1.31. The van der Waals surface area contributed by atoms with Crippen LogP contribution in [0.15, 0.2) is 30.3 Å². The summed E-state index contributed by atoms with van der Waals surface area (Å²) in [4.78, 5) is 23.7. The third-order valence-electron chi connectivity index (χ3n) is 2.58. The van der Waals surface area contributed by atoms with Crippen LogP contribution in [0, 0.1) is 0 Å². The van der Waals surface area contributed by atoms with Gasteiger partial charge in [-0.25, -0.2) is 9.59 Å². The summed E-state index contributed by atoms with van der Waals surface area (Å²) in [6.45, 7) is 2.86. The molecule has 0 heterocycles. The van der Waals surface area contributed by atoms with Gasteiger partial charge in [0.05, 0.1) is 0 Å². The highest BCUT2D eigenvalue weighted by atomic mass is 16.6. The lowest BCUT2D eigenvalue weighted by atomic mass is 10.1. The molecule has 1 N–H and O–H groups in total. The van der Waals surface area contributed by atoms with E-state index < -0.39 is 17.6 Å². The van der Waals surface area contributed by atoms with Gasteiger partial charge in [-0.2, -0.15) is 0 Å². The number of benzene rings is 1. The first-order valence-corrected chi connectivity index (χ1v) is 5.10. The van der Waals surface area contributed by atoms with E-state index in [2.05, 4.69) is 0 Å². The molecule has 5 nitrogen and oxygen atoms in total. The second kappa shape index (κ2) is 4.86. The van der Waals surface area contributed by atoms with Crippen LogP contribution in [-0.4, -0.2) is 34.7 Å². The molecule has 5 heteroatoms. The van der Waals surface area contributed by atoms with Gasteiger partial charge in [0.2, 0.25) is 0 Å². The molecular formula is C12H15NO4. The largest absolute Gasteiger partial charge is 0.480 e. The SMILES string of the molecule is CN(C(=O)Oc1ccccc1)C(C)(C)C(=O)O. The van der Waals surface area contributed by atoms with Crippen molar-refractivity contribution in [3.05, 3.63) is 30.3 Å². The highest BCUT2D eigenvalue weighted by Gasteiger charge is 2.36. The van der Waals surface area contributed by atoms with Crippen molar-refractivity contribution >= 4 is 12.1 Å². The van der Waals surface area contributed by atoms with Crippen LogP contribution in [0.25, 0.3) is 0 Å². The van der Waals surface area contributed by atoms with Gasteiger partial charge in [0.15, 0.2) is 0 Å². The van der Waals surface area contributed by atoms with Crippen LogP contribution in [-0.2, 0) is 4.79 Å². The maximum atomic E-state index is 11.7. The zero-order valence-electron chi connectivity index (χ0n) is 10.0. The van der Waals surface area contributed by atoms with Crippen molar-refractivity contribution in [2.75, 3.05) is 7.05 Å². The van der Waals surface area contributed by atoms with Crippen molar-refractivity contribution < 1.29 is 19.4 Å². The van der Waals surface area contributed by atoms with E-state index in [9.17, 15) is 9.59 Å². The number of hydrogen-bond donors (Lipinski definition) is 1. The molecule has 0 fully saturated rings. The number of carboxylic acid groups (broad SMARTS) is 1. The van der Waals surface area contributed by atoms with E-state index in [0.717, 1.165) is 4.90 Å². The number of nitrogens with zero attached hydrogens (tertiary/aromatic N) is 1. The second-order valence-corrected chi connectivity index (χ2v) is 4.10. The lowest BCUT2D eigenvalue weighted by molar-refractivity contribution is -0.147. The summed E-state index contributed by atoms with van der Waals surface area (Å²) in [5.41, 5.74) is -1.31. The standard InChI is InChI=1S/C12H15NO4/c1-12(2,10(14)15)13(3)11(16)17-9-7-5-4-6-8-9/h4-8H,1-3H3,(H,14,15). The van der Waals surface area contributed by atoms with Crippen molar-refractivity contribution in [2.24, 2.45) is 0 Å². The van der Waals surface area contributed by atoms with E-state index in [1.165, 1.54) is 20.9 Å². The number of para-hydroxylation sites is 1. The zero-order valence-corrected chi connectivity index (χ0v) is 10.0. The predicted octanol–water partition coefficient (Wildman–Crippen LogP) is 1.98. The molecule has 92 valence electrons. The van der Waals surface area contributed by atoms with E-state index in [1.807, 2.05) is 0 Å². The number of carbonyl (C=O) groups is 2. The molecule has 0 radical (unpaired) electrons. The average Bonchev–Trinajstić information content (AvgIpc) is 2.29. The molecule has 1 aromatic carbocycles. The Morgan fingerprint density at radius 3 is 2.24 bits per heavy atom. The first kappa shape index (κ1) is 13.0. The Balaban J connectivity index is 2.75. The van der Waals surface area contributed by atoms with E-state index in [4.69, 9.17) is 9.84 Å². The Bertz CT molecular complexity index is 414. The molecule has 1 amide bonds. The Morgan fingerprint density at radius 2 is 1.76 bits per heavy atom. The molecule has 0 aliphatic carbocycles. The fraction of sp³-hybridized carbons (Fsp3) is 0.333. The monoisotopic (exact) mass is 237 g/mol. The maximum Gasteiger partial charge on any atom is 0.415 e. The van der Waals surface area contributed by atoms with E-state index in [-0.39, 0.29) is 0 Å². The van der Waals surface area contributed by atoms with Gasteiger partial charge >= 0.3 is 12.1 Å². The molecule has 0 atom stereocenters. The Morgan fingerprint density at radius 1 is 1.24 bits per heavy atom. The number of hydrogen-bond acceptors (Lipinski definition) is 3. The van der Waals surface area contributed by atoms with Crippen molar-refractivity contribution in [2.45, 2.75) is 19.4 Å². The molecule has 1 aromatic rings. The van der Waals surface area contributed by atoms with Gasteiger partial charge in [0.25, 0.3) is 0 Å². The van der Waals surface area contributed by atoms with Crippen molar-refractivity contribution in [1.29, 1.82) is 0 Å². The summed E-state index contributed by atoms with van der Waals surface area (Å²) in [7, 11) is 1.39. The van der Waals surface area contributed by atoms with Gasteiger partial charge in [-0.3, -0.25) is 4.90 Å². The van der Waals surface area contributed by atoms with E-state index in [0.29, 0.717) is 5.75 Å². The number of ether oxygens (including phenoxy) is 1. The Kier molecular flexibility index (Phi) is 3.73. The molecule has 0 saturated heterocycles. The molecular weight excluding hydrogens is 222 g/mol. The van der Waals surface area contributed by atoms with Crippen molar-refractivity contribution in [3.8, 4) is 5.75 Å². The van der Waals surface area contributed by atoms with Gasteiger partial charge in [-0.1, -0.05) is 18.2 Å². The average molecular weight is 237 g/mol. The quantitative estimate of drug-likeness (QED) is 0.872. The fourth-order valence-corrected chi connectivity index (χ4v) is 1.03. The summed E-state index contributed by atoms with van der Waals surface area (Å²) in [5, 5.41) is 8.98. The lowest BCUT2D eigenvalue weighted by Crippen LogP contribution is -2.51.